The highest BCUT2D eigenvalue weighted by Crippen LogP contribution is 2.27. The predicted octanol–water partition coefficient (Wildman–Crippen LogP) is 3.40. The highest BCUT2D eigenvalue weighted by atomic mass is 19.4. The second kappa shape index (κ2) is 10.2. The number of halogens is 5. The highest BCUT2D eigenvalue weighted by Gasteiger charge is 2.29. The van der Waals surface area contributed by atoms with Crippen molar-refractivity contribution in [3.8, 4) is 11.6 Å². The molecule has 7 nitrogen and oxygen atoms in total. The third kappa shape index (κ3) is 6.37. The summed E-state index contributed by atoms with van der Waals surface area (Å²) >= 11 is 0. The van der Waals surface area contributed by atoms with Gasteiger partial charge in [0.1, 0.15) is 19.0 Å². The fraction of sp³-hybridized carbons (Fsp3) is 0.545. The molecule has 2 aromatic rings. The predicted molar refractivity (Wildman–Crippen MR) is 109 cm³/mol. The van der Waals surface area contributed by atoms with Gasteiger partial charge in [0.25, 0.3) is 5.91 Å². The van der Waals surface area contributed by atoms with Crippen molar-refractivity contribution >= 4 is 5.91 Å². The summed E-state index contributed by atoms with van der Waals surface area (Å²) in [6, 6.07) is 6.05. The number of nitrogens with zero attached hydrogens (tertiary/aromatic N) is 2. The average Bonchev–Trinajstić information content (AvgIpc) is 3.08. The summed E-state index contributed by atoms with van der Waals surface area (Å²) in [5.41, 5.74) is 1.39. The van der Waals surface area contributed by atoms with Crippen LogP contribution in [-0.2, 0) is 24.1 Å². The number of alkyl halides is 5. The van der Waals surface area contributed by atoms with E-state index in [0.29, 0.717) is 36.6 Å². The van der Waals surface area contributed by atoms with Crippen molar-refractivity contribution in [2.45, 2.75) is 44.5 Å². The van der Waals surface area contributed by atoms with E-state index in [1.807, 2.05) is 0 Å². The minimum atomic E-state index is -4.37. The summed E-state index contributed by atoms with van der Waals surface area (Å²) in [5.74, 6) is 0.301. The van der Waals surface area contributed by atoms with Crippen LogP contribution in [-0.4, -0.2) is 60.8 Å². The van der Waals surface area contributed by atoms with Gasteiger partial charge in [0.2, 0.25) is 12.3 Å². The number of rotatable bonds is 7. The second-order valence-corrected chi connectivity index (χ2v) is 8.41. The van der Waals surface area contributed by atoms with Gasteiger partial charge in [-0.1, -0.05) is 12.1 Å². The van der Waals surface area contributed by atoms with E-state index in [1.54, 1.807) is 18.2 Å². The Balaban J connectivity index is 1.31. The molecule has 0 aliphatic carbocycles. The molecule has 1 aromatic carbocycles. The quantitative estimate of drug-likeness (QED) is 0.604. The van der Waals surface area contributed by atoms with Crippen LogP contribution >= 0.6 is 0 Å². The number of benzene rings is 1. The van der Waals surface area contributed by atoms with Crippen LogP contribution in [0.15, 0.2) is 24.3 Å². The molecule has 34 heavy (non-hydrogen) atoms. The molecule has 2 aliphatic rings. The lowest BCUT2D eigenvalue weighted by atomic mass is 9.99. The van der Waals surface area contributed by atoms with Gasteiger partial charge in [0, 0.05) is 24.9 Å². The van der Waals surface area contributed by atoms with E-state index in [4.69, 9.17) is 14.2 Å². The summed E-state index contributed by atoms with van der Waals surface area (Å²) in [4.78, 5) is 12.7. The maximum absolute atomic E-state index is 12.7. The molecule has 0 fully saturated rings. The summed E-state index contributed by atoms with van der Waals surface area (Å²) in [6.07, 6.45) is -6.25. The summed E-state index contributed by atoms with van der Waals surface area (Å²) < 4.78 is 79.6. The van der Waals surface area contributed by atoms with Crippen LogP contribution in [0, 0.1) is 5.92 Å². The second-order valence-electron chi connectivity index (χ2n) is 8.41. The van der Waals surface area contributed by atoms with Gasteiger partial charge in [-0.25, -0.2) is 13.5 Å². The van der Waals surface area contributed by atoms with E-state index >= 15 is 0 Å². The molecule has 0 spiro atoms. The first-order valence-corrected chi connectivity index (χ1v) is 10.8. The van der Waals surface area contributed by atoms with E-state index in [-0.39, 0.29) is 43.9 Å². The van der Waals surface area contributed by atoms with Gasteiger partial charge in [-0.05, 0) is 30.0 Å². The Morgan fingerprint density at radius 3 is 2.82 bits per heavy atom. The Morgan fingerprint density at radius 1 is 1.24 bits per heavy atom. The number of aryl methyl sites for hydroxylation is 1. The average molecular weight is 489 g/mol. The molecule has 4 rings (SSSR count). The van der Waals surface area contributed by atoms with Crippen LogP contribution in [0.4, 0.5) is 22.0 Å². The largest absolute Gasteiger partial charge is 0.491 e. The fourth-order valence-corrected chi connectivity index (χ4v) is 3.96. The van der Waals surface area contributed by atoms with Crippen molar-refractivity contribution in [1.29, 1.82) is 0 Å². The van der Waals surface area contributed by atoms with Crippen LogP contribution in [0.2, 0.25) is 0 Å². The van der Waals surface area contributed by atoms with E-state index < -0.39 is 25.1 Å². The zero-order valence-corrected chi connectivity index (χ0v) is 18.1. The van der Waals surface area contributed by atoms with Crippen LogP contribution in [0.25, 0.3) is 0 Å². The maximum Gasteiger partial charge on any atom is 0.411 e. The van der Waals surface area contributed by atoms with Gasteiger partial charge < -0.3 is 19.5 Å². The van der Waals surface area contributed by atoms with Crippen molar-refractivity contribution in [2.75, 3.05) is 26.4 Å². The Morgan fingerprint density at radius 2 is 2.06 bits per heavy atom. The van der Waals surface area contributed by atoms with Crippen LogP contribution in [0.5, 0.6) is 11.6 Å². The lowest BCUT2D eigenvalue weighted by Gasteiger charge is -2.26. The van der Waals surface area contributed by atoms with E-state index in [1.165, 1.54) is 10.7 Å². The van der Waals surface area contributed by atoms with Crippen molar-refractivity contribution in [1.82, 2.24) is 15.1 Å². The minimum Gasteiger partial charge on any atom is -0.491 e. The molecule has 1 amide bonds. The molecule has 2 atom stereocenters. The molecule has 0 saturated carbocycles. The first kappa shape index (κ1) is 24.2. The third-order valence-corrected chi connectivity index (χ3v) is 5.57. The zero-order chi connectivity index (χ0) is 24.3. The maximum atomic E-state index is 12.7. The number of carbonyl (C=O) groups is 1. The van der Waals surface area contributed by atoms with Crippen LogP contribution in [0.1, 0.15) is 28.0 Å². The van der Waals surface area contributed by atoms with Crippen molar-refractivity contribution in [3.63, 3.8) is 0 Å². The first-order valence-electron chi connectivity index (χ1n) is 10.8. The molecule has 3 heterocycles. The molecule has 1 N–H and O–H groups in total. The molecule has 0 saturated heterocycles. The molecule has 0 unspecified atom stereocenters. The number of ether oxygens (including phenoxy) is 3. The Bertz CT molecular complexity index is 985. The number of amides is 1. The normalized spacial score (nSPS) is 20.1. The van der Waals surface area contributed by atoms with Gasteiger partial charge in [-0.3, -0.25) is 4.79 Å². The highest BCUT2D eigenvalue weighted by molar-refractivity contribution is 5.92. The van der Waals surface area contributed by atoms with Gasteiger partial charge in [0.15, 0.2) is 5.69 Å². The fourth-order valence-electron chi connectivity index (χ4n) is 3.96. The van der Waals surface area contributed by atoms with Crippen LogP contribution in [0.3, 0.4) is 0 Å². The Labute approximate surface area is 192 Å². The van der Waals surface area contributed by atoms with E-state index in [9.17, 15) is 26.7 Å². The smallest absolute Gasteiger partial charge is 0.411 e. The molecular formula is C22H24F5N3O4. The summed E-state index contributed by atoms with van der Waals surface area (Å²) in [7, 11) is 0. The topological polar surface area (TPSA) is 74.6 Å². The minimum absolute atomic E-state index is 0.0835. The van der Waals surface area contributed by atoms with Crippen LogP contribution < -0.4 is 14.8 Å². The molecule has 0 bridgehead atoms. The summed E-state index contributed by atoms with van der Waals surface area (Å²) in [6.45, 7) is -0.633. The van der Waals surface area contributed by atoms with Gasteiger partial charge in [0.05, 0.1) is 19.3 Å². The lowest BCUT2D eigenvalue weighted by molar-refractivity contribution is -0.177. The van der Waals surface area contributed by atoms with Gasteiger partial charge >= 0.3 is 6.18 Å². The van der Waals surface area contributed by atoms with Crippen molar-refractivity contribution in [2.24, 2.45) is 5.92 Å². The molecule has 12 heteroatoms. The zero-order valence-electron chi connectivity index (χ0n) is 18.1. The number of hydrogen-bond donors (Lipinski definition) is 1. The number of hydrogen-bond acceptors (Lipinski definition) is 5. The first-order chi connectivity index (χ1) is 16.2. The molecule has 186 valence electrons. The SMILES string of the molecule is O=C(N[C@H]1COc2ccc(CC(F)F)cc2C1)c1cc2n(n1)CC[C@@H](COCC(F)(F)F)CO2. The standard InChI is InChI=1S/C22H24F5N3O4/c23-19(24)6-13-1-2-18-15(5-13)7-16(11-33-18)28-21(31)17-8-20-30(29-17)4-3-14(10-34-20)9-32-12-22(25,26)27/h1-2,5,8,14,16,19H,3-4,6-7,9-12H2,(H,28,31)/t14-,16+/m0/s1. The van der Waals surface area contributed by atoms with Gasteiger partial charge in [-0.15, -0.1) is 0 Å². The molecule has 1 aromatic heterocycles. The number of aromatic nitrogens is 2. The van der Waals surface area contributed by atoms with Crippen molar-refractivity contribution < 1.29 is 41.0 Å². The molecule has 0 radical (unpaired) electrons. The number of carbonyl (C=O) groups excluding carboxylic acids is 1. The van der Waals surface area contributed by atoms with E-state index in [2.05, 4.69) is 10.4 Å². The van der Waals surface area contributed by atoms with Gasteiger partial charge in [-0.2, -0.15) is 18.3 Å². The Hall–Kier alpha value is -2.89. The Kier molecular flexibility index (Phi) is 7.24. The van der Waals surface area contributed by atoms with E-state index in [0.717, 1.165) is 5.56 Å². The number of nitrogens with one attached hydrogen (secondary N) is 1. The molecule has 2 aliphatic heterocycles. The molecular weight excluding hydrogens is 465 g/mol. The number of fused-ring (bicyclic) bond motifs is 2. The lowest BCUT2D eigenvalue weighted by Crippen LogP contribution is -2.43. The summed E-state index contributed by atoms with van der Waals surface area (Å²) in [5, 5.41) is 7.10. The monoisotopic (exact) mass is 489 g/mol. The third-order valence-electron chi connectivity index (χ3n) is 5.57. The van der Waals surface area contributed by atoms with Crippen molar-refractivity contribution in [3.05, 3.63) is 41.1 Å².